The summed E-state index contributed by atoms with van der Waals surface area (Å²) < 4.78 is 0. The number of nitrogens with one attached hydrogen (secondary N) is 1. The van der Waals surface area contributed by atoms with Gasteiger partial charge in [0.2, 0.25) is 0 Å². The molecular formula is C12H24N2S. The van der Waals surface area contributed by atoms with Crippen LogP contribution in [-0.4, -0.2) is 17.0 Å². The summed E-state index contributed by atoms with van der Waals surface area (Å²) in [7, 11) is 0. The summed E-state index contributed by atoms with van der Waals surface area (Å²) >= 11 is 2.17. The first kappa shape index (κ1) is 11.7. The highest BCUT2D eigenvalue weighted by Gasteiger charge is 2.27. The van der Waals surface area contributed by atoms with Crippen LogP contribution in [0.25, 0.3) is 0 Å². The highest BCUT2D eigenvalue weighted by atomic mass is 32.2. The molecule has 0 bridgehead atoms. The van der Waals surface area contributed by atoms with Crippen molar-refractivity contribution in [3.8, 4) is 0 Å². The van der Waals surface area contributed by atoms with Crippen molar-refractivity contribution in [3.63, 3.8) is 0 Å². The van der Waals surface area contributed by atoms with Crippen LogP contribution in [0.15, 0.2) is 0 Å². The Balaban J connectivity index is 1.65. The van der Waals surface area contributed by atoms with Gasteiger partial charge in [-0.05, 0) is 31.6 Å². The zero-order valence-electron chi connectivity index (χ0n) is 9.58. The molecule has 0 spiro atoms. The maximum absolute atomic E-state index is 5.64. The lowest BCUT2D eigenvalue weighted by Crippen LogP contribution is -2.45. The third kappa shape index (κ3) is 3.36. The molecule has 2 aliphatic carbocycles. The summed E-state index contributed by atoms with van der Waals surface area (Å²) in [4.78, 5) is 0. The van der Waals surface area contributed by atoms with Crippen LogP contribution in [0.3, 0.4) is 0 Å². The number of thioether (sulfide) groups is 1. The van der Waals surface area contributed by atoms with Crippen LogP contribution in [0.1, 0.15) is 51.4 Å². The minimum Gasteiger partial charge on any atom is -0.271 e. The average molecular weight is 228 g/mol. The first-order valence-corrected chi connectivity index (χ1v) is 7.53. The first-order valence-electron chi connectivity index (χ1n) is 6.48. The molecule has 88 valence electrons. The fraction of sp³-hybridized carbons (Fsp3) is 1.00. The molecule has 0 aromatic rings. The molecule has 15 heavy (non-hydrogen) atoms. The van der Waals surface area contributed by atoms with Gasteiger partial charge in [-0.15, -0.1) is 0 Å². The molecule has 2 nitrogen and oxygen atoms in total. The van der Waals surface area contributed by atoms with E-state index in [9.17, 15) is 0 Å². The van der Waals surface area contributed by atoms with Gasteiger partial charge >= 0.3 is 0 Å². The zero-order valence-corrected chi connectivity index (χ0v) is 10.4. The summed E-state index contributed by atoms with van der Waals surface area (Å²) in [5, 5.41) is 0.926. The SMILES string of the molecule is NNC(CSC1CCCCC1)C1CCC1. The summed E-state index contributed by atoms with van der Waals surface area (Å²) in [5.41, 5.74) is 3.02. The highest BCUT2D eigenvalue weighted by Crippen LogP contribution is 2.34. The molecule has 1 unspecified atom stereocenters. The maximum atomic E-state index is 5.64. The van der Waals surface area contributed by atoms with Crippen molar-refractivity contribution in [1.82, 2.24) is 5.43 Å². The normalized spacial score (nSPS) is 26.2. The van der Waals surface area contributed by atoms with Gasteiger partial charge in [-0.3, -0.25) is 11.3 Å². The largest absolute Gasteiger partial charge is 0.271 e. The number of nitrogens with two attached hydrogens (primary N) is 1. The molecule has 2 saturated carbocycles. The fourth-order valence-corrected chi connectivity index (χ4v) is 4.15. The molecule has 3 heteroatoms. The van der Waals surface area contributed by atoms with Crippen LogP contribution in [-0.2, 0) is 0 Å². The maximum Gasteiger partial charge on any atom is 0.0329 e. The van der Waals surface area contributed by atoms with Crippen molar-refractivity contribution in [2.24, 2.45) is 11.8 Å². The van der Waals surface area contributed by atoms with Crippen LogP contribution >= 0.6 is 11.8 Å². The monoisotopic (exact) mass is 228 g/mol. The molecule has 3 N–H and O–H groups in total. The fourth-order valence-electron chi connectivity index (χ4n) is 2.63. The lowest BCUT2D eigenvalue weighted by molar-refractivity contribution is 0.245. The van der Waals surface area contributed by atoms with Gasteiger partial charge < -0.3 is 0 Å². The molecule has 0 aromatic heterocycles. The van der Waals surface area contributed by atoms with Gasteiger partial charge in [0.1, 0.15) is 0 Å². The van der Waals surface area contributed by atoms with Gasteiger partial charge in [0.25, 0.3) is 0 Å². The van der Waals surface area contributed by atoms with E-state index in [2.05, 4.69) is 17.2 Å². The van der Waals surface area contributed by atoms with E-state index in [0.29, 0.717) is 6.04 Å². The lowest BCUT2D eigenvalue weighted by atomic mass is 9.80. The summed E-state index contributed by atoms with van der Waals surface area (Å²) in [6.07, 6.45) is 11.4. The molecule has 0 radical (unpaired) electrons. The van der Waals surface area contributed by atoms with E-state index >= 15 is 0 Å². The van der Waals surface area contributed by atoms with Gasteiger partial charge in [-0.1, -0.05) is 25.7 Å². The number of hydrazine groups is 1. The van der Waals surface area contributed by atoms with Crippen molar-refractivity contribution in [2.45, 2.75) is 62.7 Å². The van der Waals surface area contributed by atoms with E-state index in [1.54, 1.807) is 0 Å². The van der Waals surface area contributed by atoms with E-state index < -0.39 is 0 Å². The highest BCUT2D eigenvalue weighted by molar-refractivity contribution is 7.99. The Labute approximate surface area is 97.7 Å². The summed E-state index contributed by atoms with van der Waals surface area (Å²) in [6, 6.07) is 0.575. The minimum atomic E-state index is 0.575. The van der Waals surface area contributed by atoms with E-state index in [1.807, 2.05) is 0 Å². The Bertz CT molecular complexity index is 176. The number of rotatable bonds is 5. The van der Waals surface area contributed by atoms with Crippen LogP contribution in [0.2, 0.25) is 0 Å². The Morgan fingerprint density at radius 2 is 1.80 bits per heavy atom. The van der Waals surface area contributed by atoms with Crippen molar-refractivity contribution >= 4 is 11.8 Å². The molecule has 2 aliphatic rings. The first-order chi connectivity index (χ1) is 7.40. The van der Waals surface area contributed by atoms with Gasteiger partial charge in [0.15, 0.2) is 0 Å². The van der Waals surface area contributed by atoms with Crippen LogP contribution in [0, 0.1) is 5.92 Å². The topological polar surface area (TPSA) is 38.0 Å². The third-order valence-electron chi connectivity index (χ3n) is 4.00. The van der Waals surface area contributed by atoms with Gasteiger partial charge in [0, 0.05) is 17.0 Å². The molecule has 1 atom stereocenters. The van der Waals surface area contributed by atoms with Gasteiger partial charge in [0.05, 0.1) is 0 Å². The minimum absolute atomic E-state index is 0.575. The zero-order chi connectivity index (χ0) is 10.5. The van der Waals surface area contributed by atoms with E-state index in [-0.39, 0.29) is 0 Å². The molecule has 0 amide bonds. The van der Waals surface area contributed by atoms with Crippen molar-refractivity contribution in [2.75, 3.05) is 5.75 Å². The number of hydrogen-bond acceptors (Lipinski definition) is 3. The second-order valence-electron chi connectivity index (χ2n) is 5.06. The third-order valence-corrected chi connectivity index (χ3v) is 5.49. The molecular weight excluding hydrogens is 204 g/mol. The molecule has 0 aromatic carbocycles. The quantitative estimate of drug-likeness (QED) is 0.561. The Morgan fingerprint density at radius 1 is 1.07 bits per heavy atom. The van der Waals surface area contributed by atoms with Gasteiger partial charge in [-0.25, -0.2) is 0 Å². The van der Waals surface area contributed by atoms with Crippen LogP contribution in [0.5, 0.6) is 0 Å². The predicted octanol–water partition coefficient (Wildman–Crippen LogP) is 2.68. The summed E-state index contributed by atoms with van der Waals surface area (Å²) in [6.45, 7) is 0. The lowest BCUT2D eigenvalue weighted by Gasteiger charge is -2.34. The summed E-state index contributed by atoms with van der Waals surface area (Å²) in [5.74, 6) is 7.73. The Morgan fingerprint density at radius 3 is 2.33 bits per heavy atom. The van der Waals surface area contributed by atoms with Crippen molar-refractivity contribution in [1.29, 1.82) is 0 Å². The van der Waals surface area contributed by atoms with Crippen LogP contribution in [0.4, 0.5) is 0 Å². The van der Waals surface area contributed by atoms with Crippen LogP contribution < -0.4 is 11.3 Å². The molecule has 2 rings (SSSR count). The molecule has 0 aliphatic heterocycles. The van der Waals surface area contributed by atoms with E-state index in [1.165, 1.54) is 57.1 Å². The molecule has 0 heterocycles. The Kier molecular flexibility index (Phi) is 4.79. The Hall–Kier alpha value is 0.270. The molecule has 0 saturated heterocycles. The average Bonchev–Trinajstić information content (AvgIpc) is 2.23. The second kappa shape index (κ2) is 6.12. The molecule has 2 fully saturated rings. The standard InChI is InChI=1S/C12H24N2S/c13-14-12(10-5-4-6-10)9-15-11-7-2-1-3-8-11/h10-12,14H,1-9,13H2. The van der Waals surface area contributed by atoms with E-state index in [4.69, 9.17) is 5.84 Å². The predicted molar refractivity (Wildman–Crippen MR) is 67.8 cm³/mol. The van der Waals surface area contributed by atoms with Gasteiger partial charge in [-0.2, -0.15) is 11.8 Å². The van der Waals surface area contributed by atoms with Crippen molar-refractivity contribution < 1.29 is 0 Å². The van der Waals surface area contributed by atoms with E-state index in [0.717, 1.165) is 11.2 Å². The number of hydrogen-bond donors (Lipinski definition) is 2. The second-order valence-corrected chi connectivity index (χ2v) is 6.39. The smallest absolute Gasteiger partial charge is 0.0329 e. The van der Waals surface area contributed by atoms with Crippen molar-refractivity contribution in [3.05, 3.63) is 0 Å².